The Labute approximate surface area is 73.7 Å². The van der Waals surface area contributed by atoms with Crippen molar-refractivity contribution in [2.75, 3.05) is 13.7 Å². The van der Waals surface area contributed by atoms with Crippen molar-refractivity contribution in [2.24, 2.45) is 0 Å². The second-order valence-electron chi connectivity index (χ2n) is 1.86. The second-order valence-corrected chi connectivity index (χ2v) is 1.86. The lowest BCUT2D eigenvalue weighted by Gasteiger charge is -1.95. The van der Waals surface area contributed by atoms with E-state index in [1.165, 1.54) is 0 Å². The molecule has 0 amide bonds. The van der Waals surface area contributed by atoms with Crippen molar-refractivity contribution in [2.45, 2.75) is 0 Å². The highest BCUT2D eigenvalue weighted by Gasteiger charge is 2.02. The Hall–Kier alpha value is -1.85. The largest absolute Gasteiger partial charge is 0.479 e. The molecular formula is C7H8O6. The first kappa shape index (κ1) is 11.2. The highest BCUT2D eigenvalue weighted by Crippen LogP contribution is 1.83. The third-order valence-electron chi connectivity index (χ3n) is 0.895. The molecule has 0 rings (SSSR count). The van der Waals surface area contributed by atoms with Crippen LogP contribution in [0.4, 0.5) is 0 Å². The number of aliphatic carboxylic acids is 1. The number of hydrogen-bond donors (Lipinski definition) is 1. The Balaban J connectivity index is 3.80. The van der Waals surface area contributed by atoms with Crippen LogP contribution in [0.5, 0.6) is 0 Å². The van der Waals surface area contributed by atoms with E-state index in [1.807, 2.05) is 0 Å². The molecule has 0 aliphatic carbocycles. The molecule has 0 aromatic heterocycles. The number of carbonyl (C=O) groups is 3. The summed E-state index contributed by atoms with van der Waals surface area (Å²) in [5, 5.41) is 8.09. The fraction of sp³-hybridized carbons (Fsp3) is 0.286. The Morgan fingerprint density at radius 3 is 2.23 bits per heavy atom. The molecule has 0 heterocycles. The molecule has 0 spiro atoms. The molecule has 1 N–H and O–H groups in total. The zero-order valence-corrected chi connectivity index (χ0v) is 6.85. The number of esters is 2. The summed E-state index contributed by atoms with van der Waals surface area (Å²) < 4.78 is 8.34. The highest BCUT2D eigenvalue weighted by atomic mass is 16.5. The van der Waals surface area contributed by atoms with Crippen molar-refractivity contribution in [1.29, 1.82) is 0 Å². The van der Waals surface area contributed by atoms with Gasteiger partial charge in [0.1, 0.15) is 0 Å². The first-order valence-corrected chi connectivity index (χ1v) is 3.21. The van der Waals surface area contributed by atoms with E-state index in [9.17, 15) is 14.4 Å². The van der Waals surface area contributed by atoms with Crippen LogP contribution < -0.4 is 0 Å². The van der Waals surface area contributed by atoms with Gasteiger partial charge in [0.15, 0.2) is 6.61 Å². The molecule has 0 saturated carbocycles. The minimum atomic E-state index is -1.26. The molecule has 0 aliphatic rings. The van der Waals surface area contributed by atoms with E-state index in [0.717, 1.165) is 19.3 Å². The Morgan fingerprint density at radius 2 is 1.77 bits per heavy atom. The maximum atomic E-state index is 10.6. The van der Waals surface area contributed by atoms with Gasteiger partial charge in [0.2, 0.25) is 0 Å². The van der Waals surface area contributed by atoms with E-state index >= 15 is 0 Å². The number of carboxylic acid groups (broad SMARTS) is 1. The average Bonchev–Trinajstić information content (AvgIpc) is 2.10. The van der Waals surface area contributed by atoms with Gasteiger partial charge in [-0.15, -0.1) is 0 Å². The molecular weight excluding hydrogens is 180 g/mol. The minimum absolute atomic E-state index is 0.715. The van der Waals surface area contributed by atoms with Gasteiger partial charge in [0.25, 0.3) is 0 Å². The predicted molar refractivity (Wildman–Crippen MR) is 39.8 cm³/mol. The van der Waals surface area contributed by atoms with Gasteiger partial charge in [-0.2, -0.15) is 0 Å². The third kappa shape index (κ3) is 6.54. The van der Waals surface area contributed by atoms with Gasteiger partial charge < -0.3 is 14.6 Å². The molecule has 0 saturated heterocycles. The van der Waals surface area contributed by atoms with E-state index in [4.69, 9.17) is 5.11 Å². The van der Waals surface area contributed by atoms with Gasteiger partial charge in [-0.25, -0.2) is 14.4 Å². The molecule has 6 heteroatoms. The molecule has 0 fully saturated rings. The van der Waals surface area contributed by atoms with E-state index in [-0.39, 0.29) is 0 Å². The topological polar surface area (TPSA) is 89.9 Å². The van der Waals surface area contributed by atoms with Crippen molar-refractivity contribution in [3.8, 4) is 0 Å². The molecule has 6 nitrogen and oxygen atoms in total. The van der Waals surface area contributed by atoms with E-state index in [0.29, 0.717) is 0 Å². The lowest BCUT2D eigenvalue weighted by atomic mass is 10.5. The third-order valence-corrected chi connectivity index (χ3v) is 0.895. The lowest BCUT2D eigenvalue weighted by molar-refractivity contribution is -0.151. The van der Waals surface area contributed by atoms with E-state index < -0.39 is 24.5 Å². The van der Waals surface area contributed by atoms with Crippen LogP contribution in [0.15, 0.2) is 12.2 Å². The summed E-state index contributed by atoms with van der Waals surface area (Å²) in [6.07, 6.45) is 1.62. The summed E-state index contributed by atoms with van der Waals surface area (Å²) in [5.41, 5.74) is 0. The minimum Gasteiger partial charge on any atom is -0.479 e. The number of methoxy groups -OCH3 is 1. The lowest BCUT2D eigenvalue weighted by Crippen LogP contribution is -2.11. The molecule has 72 valence electrons. The van der Waals surface area contributed by atoms with Crippen LogP contribution in [0.2, 0.25) is 0 Å². The summed E-state index contributed by atoms with van der Waals surface area (Å²) in [7, 11) is 1.15. The monoisotopic (exact) mass is 188 g/mol. The Bertz CT molecular complexity index is 241. The van der Waals surface area contributed by atoms with Crippen LogP contribution in [-0.4, -0.2) is 36.7 Å². The number of carboxylic acids is 1. The molecule has 0 radical (unpaired) electrons. The van der Waals surface area contributed by atoms with E-state index in [2.05, 4.69) is 9.47 Å². The van der Waals surface area contributed by atoms with Gasteiger partial charge in [0.05, 0.1) is 7.11 Å². The van der Waals surface area contributed by atoms with Gasteiger partial charge >= 0.3 is 17.9 Å². The van der Waals surface area contributed by atoms with Gasteiger partial charge in [-0.05, 0) is 0 Å². The molecule has 0 bridgehead atoms. The van der Waals surface area contributed by atoms with E-state index in [1.54, 1.807) is 0 Å². The number of ether oxygens (including phenoxy) is 2. The maximum Gasteiger partial charge on any atom is 0.341 e. The fourth-order valence-corrected chi connectivity index (χ4v) is 0.385. The van der Waals surface area contributed by atoms with Crippen LogP contribution in [-0.2, 0) is 23.9 Å². The Kier molecular flexibility index (Phi) is 4.94. The van der Waals surface area contributed by atoms with Crippen molar-refractivity contribution >= 4 is 17.9 Å². The molecule has 0 aromatic rings. The van der Waals surface area contributed by atoms with Gasteiger partial charge in [-0.1, -0.05) is 0 Å². The molecule has 0 aliphatic heterocycles. The Morgan fingerprint density at radius 1 is 1.23 bits per heavy atom. The molecule has 0 unspecified atom stereocenters. The SMILES string of the molecule is COC(=O)C=CC(=O)OCC(=O)O. The summed E-state index contributed by atoms with van der Waals surface area (Å²) >= 11 is 0. The van der Waals surface area contributed by atoms with Crippen molar-refractivity contribution in [3.63, 3.8) is 0 Å². The summed E-state index contributed by atoms with van der Waals surface area (Å²) in [5.74, 6) is -2.89. The number of hydrogen-bond acceptors (Lipinski definition) is 5. The zero-order chi connectivity index (χ0) is 10.3. The van der Waals surface area contributed by atoms with Crippen LogP contribution in [0.25, 0.3) is 0 Å². The predicted octanol–water partition coefficient (Wildman–Crippen LogP) is -0.657. The summed E-state index contributed by atoms with van der Waals surface area (Å²) in [4.78, 5) is 30.9. The zero-order valence-electron chi connectivity index (χ0n) is 6.85. The van der Waals surface area contributed by atoms with Crippen molar-refractivity contribution < 1.29 is 29.0 Å². The molecule has 0 atom stereocenters. The van der Waals surface area contributed by atoms with Crippen LogP contribution in [0.1, 0.15) is 0 Å². The van der Waals surface area contributed by atoms with Crippen molar-refractivity contribution in [3.05, 3.63) is 12.2 Å². The molecule has 13 heavy (non-hydrogen) atoms. The first-order valence-electron chi connectivity index (χ1n) is 3.21. The van der Waals surface area contributed by atoms with Crippen LogP contribution >= 0.6 is 0 Å². The summed E-state index contributed by atoms with van der Waals surface area (Å²) in [6.45, 7) is -0.732. The second kappa shape index (κ2) is 5.76. The van der Waals surface area contributed by atoms with Gasteiger partial charge in [0, 0.05) is 12.2 Å². The van der Waals surface area contributed by atoms with Crippen molar-refractivity contribution in [1.82, 2.24) is 0 Å². The smallest absolute Gasteiger partial charge is 0.341 e. The average molecular weight is 188 g/mol. The maximum absolute atomic E-state index is 10.6. The standard InChI is InChI=1S/C7H8O6/c1-12-6(10)2-3-7(11)13-4-5(8)9/h2-3H,4H2,1H3,(H,8,9). The number of carbonyl (C=O) groups excluding carboxylic acids is 2. The number of rotatable bonds is 4. The van der Waals surface area contributed by atoms with Crippen LogP contribution in [0.3, 0.4) is 0 Å². The quantitative estimate of drug-likeness (QED) is 0.465. The van der Waals surface area contributed by atoms with Gasteiger partial charge in [-0.3, -0.25) is 0 Å². The fourth-order valence-electron chi connectivity index (χ4n) is 0.385. The summed E-state index contributed by atoms with van der Waals surface area (Å²) in [6, 6.07) is 0. The van der Waals surface area contributed by atoms with Crippen LogP contribution in [0, 0.1) is 0 Å². The molecule has 0 aromatic carbocycles. The highest BCUT2D eigenvalue weighted by molar-refractivity contribution is 5.92. The normalized spacial score (nSPS) is 9.62. The first-order chi connectivity index (χ1) is 6.06.